The van der Waals surface area contributed by atoms with E-state index in [9.17, 15) is 17.6 Å². The summed E-state index contributed by atoms with van der Waals surface area (Å²) in [6.45, 7) is 1.82. The SMILES string of the molecule is Cc1ccc(F)cc1C(N)Cc1ccc(C(F)(F)F)cc1. The molecule has 1 nitrogen and oxygen atoms in total. The Labute approximate surface area is 120 Å². The molecule has 0 spiro atoms. The quantitative estimate of drug-likeness (QED) is 0.835. The van der Waals surface area contributed by atoms with Crippen molar-refractivity contribution in [3.63, 3.8) is 0 Å². The molecule has 1 atom stereocenters. The zero-order valence-corrected chi connectivity index (χ0v) is 11.4. The van der Waals surface area contributed by atoms with Gasteiger partial charge < -0.3 is 5.73 Å². The Balaban J connectivity index is 2.16. The predicted molar refractivity (Wildman–Crippen MR) is 73.2 cm³/mol. The minimum absolute atomic E-state index is 0.350. The molecule has 2 N–H and O–H groups in total. The van der Waals surface area contributed by atoms with Crippen molar-refractivity contribution in [3.05, 3.63) is 70.5 Å². The molecule has 2 aromatic rings. The summed E-state index contributed by atoms with van der Waals surface area (Å²) in [6, 6.07) is 8.75. The second kappa shape index (κ2) is 5.85. The average molecular weight is 297 g/mol. The predicted octanol–water partition coefficient (Wildman–Crippen LogP) is 4.40. The van der Waals surface area contributed by atoms with Crippen LogP contribution in [0.4, 0.5) is 17.6 Å². The van der Waals surface area contributed by atoms with Crippen LogP contribution in [0.25, 0.3) is 0 Å². The molecule has 112 valence electrons. The third kappa shape index (κ3) is 3.82. The monoisotopic (exact) mass is 297 g/mol. The van der Waals surface area contributed by atoms with E-state index in [2.05, 4.69) is 0 Å². The van der Waals surface area contributed by atoms with Gasteiger partial charge in [-0.3, -0.25) is 0 Å². The van der Waals surface area contributed by atoms with Crippen LogP contribution in [0, 0.1) is 12.7 Å². The zero-order chi connectivity index (χ0) is 15.6. The summed E-state index contributed by atoms with van der Waals surface area (Å²) in [7, 11) is 0. The number of alkyl halides is 3. The van der Waals surface area contributed by atoms with Gasteiger partial charge in [-0.15, -0.1) is 0 Å². The first-order valence-electron chi connectivity index (χ1n) is 6.45. The lowest BCUT2D eigenvalue weighted by Gasteiger charge is -2.15. The Morgan fingerprint density at radius 1 is 1.05 bits per heavy atom. The topological polar surface area (TPSA) is 26.0 Å². The van der Waals surface area contributed by atoms with Gasteiger partial charge in [0.15, 0.2) is 0 Å². The van der Waals surface area contributed by atoms with Crippen LogP contribution < -0.4 is 5.73 Å². The van der Waals surface area contributed by atoms with Crippen LogP contribution in [-0.2, 0) is 12.6 Å². The molecule has 0 amide bonds. The van der Waals surface area contributed by atoms with Gasteiger partial charge in [-0.1, -0.05) is 18.2 Å². The van der Waals surface area contributed by atoms with Crippen molar-refractivity contribution in [2.24, 2.45) is 5.73 Å². The van der Waals surface area contributed by atoms with Gasteiger partial charge in [0.25, 0.3) is 0 Å². The highest BCUT2D eigenvalue weighted by molar-refractivity contribution is 5.32. The van der Waals surface area contributed by atoms with Crippen LogP contribution in [0.2, 0.25) is 0 Å². The summed E-state index contributed by atoms with van der Waals surface area (Å²) in [4.78, 5) is 0. The first-order valence-corrected chi connectivity index (χ1v) is 6.45. The molecular formula is C16H15F4N. The molecule has 0 bridgehead atoms. The van der Waals surface area contributed by atoms with Crippen LogP contribution >= 0.6 is 0 Å². The Kier molecular flexibility index (Phi) is 4.32. The van der Waals surface area contributed by atoms with Crippen molar-refractivity contribution >= 4 is 0 Å². The molecule has 0 saturated carbocycles. The lowest BCUT2D eigenvalue weighted by molar-refractivity contribution is -0.137. The van der Waals surface area contributed by atoms with E-state index in [1.54, 1.807) is 6.07 Å². The van der Waals surface area contributed by atoms with Gasteiger partial charge in [0.1, 0.15) is 5.82 Å². The third-order valence-corrected chi connectivity index (χ3v) is 3.38. The summed E-state index contributed by atoms with van der Waals surface area (Å²) in [5, 5.41) is 0. The fraction of sp³-hybridized carbons (Fsp3) is 0.250. The van der Waals surface area contributed by atoms with Crippen molar-refractivity contribution in [3.8, 4) is 0 Å². The van der Waals surface area contributed by atoms with Crippen molar-refractivity contribution in [1.29, 1.82) is 0 Å². The van der Waals surface area contributed by atoms with E-state index < -0.39 is 17.8 Å². The van der Waals surface area contributed by atoms with Crippen LogP contribution in [0.15, 0.2) is 42.5 Å². The van der Waals surface area contributed by atoms with Gasteiger partial charge in [-0.05, 0) is 54.3 Å². The fourth-order valence-electron chi connectivity index (χ4n) is 2.20. The minimum atomic E-state index is -4.35. The van der Waals surface area contributed by atoms with Gasteiger partial charge in [0.2, 0.25) is 0 Å². The molecule has 5 heteroatoms. The van der Waals surface area contributed by atoms with Crippen LogP contribution in [0.1, 0.15) is 28.3 Å². The maximum absolute atomic E-state index is 13.2. The first kappa shape index (κ1) is 15.5. The molecule has 2 rings (SSSR count). The van der Waals surface area contributed by atoms with Crippen molar-refractivity contribution < 1.29 is 17.6 Å². The molecule has 0 aliphatic rings. The molecule has 0 aliphatic heterocycles. The van der Waals surface area contributed by atoms with Gasteiger partial charge in [-0.2, -0.15) is 13.2 Å². The molecule has 0 fully saturated rings. The van der Waals surface area contributed by atoms with E-state index in [1.165, 1.54) is 24.3 Å². The Bertz CT molecular complexity index is 617. The number of aryl methyl sites for hydroxylation is 1. The summed E-state index contributed by atoms with van der Waals surface area (Å²) in [5.41, 5.74) is 7.54. The second-order valence-corrected chi connectivity index (χ2v) is 5.01. The van der Waals surface area contributed by atoms with Crippen molar-refractivity contribution in [2.75, 3.05) is 0 Å². The van der Waals surface area contributed by atoms with E-state index >= 15 is 0 Å². The fourth-order valence-corrected chi connectivity index (χ4v) is 2.20. The second-order valence-electron chi connectivity index (χ2n) is 5.01. The minimum Gasteiger partial charge on any atom is -0.324 e. The molecule has 0 saturated heterocycles. The Morgan fingerprint density at radius 3 is 2.24 bits per heavy atom. The van der Waals surface area contributed by atoms with E-state index in [0.717, 1.165) is 17.7 Å². The molecule has 1 unspecified atom stereocenters. The van der Waals surface area contributed by atoms with E-state index in [-0.39, 0.29) is 5.82 Å². The van der Waals surface area contributed by atoms with E-state index in [1.807, 2.05) is 6.92 Å². The van der Waals surface area contributed by atoms with Crippen LogP contribution in [-0.4, -0.2) is 0 Å². The Morgan fingerprint density at radius 2 is 1.67 bits per heavy atom. The average Bonchev–Trinajstić information content (AvgIpc) is 2.41. The van der Waals surface area contributed by atoms with Gasteiger partial charge in [-0.25, -0.2) is 4.39 Å². The third-order valence-electron chi connectivity index (χ3n) is 3.38. The first-order chi connectivity index (χ1) is 9.77. The molecule has 2 aromatic carbocycles. The normalized spacial score (nSPS) is 13.2. The van der Waals surface area contributed by atoms with E-state index in [4.69, 9.17) is 5.73 Å². The Hall–Kier alpha value is -1.88. The van der Waals surface area contributed by atoms with Crippen molar-refractivity contribution in [2.45, 2.75) is 25.6 Å². The van der Waals surface area contributed by atoms with Gasteiger partial charge >= 0.3 is 6.18 Å². The van der Waals surface area contributed by atoms with E-state index in [0.29, 0.717) is 17.5 Å². The maximum atomic E-state index is 13.2. The van der Waals surface area contributed by atoms with Gasteiger partial charge in [0, 0.05) is 6.04 Å². The number of benzene rings is 2. The molecular weight excluding hydrogens is 282 g/mol. The number of hydrogen-bond donors (Lipinski definition) is 1. The number of rotatable bonds is 3. The summed E-state index contributed by atoms with van der Waals surface area (Å²) in [5.74, 6) is -0.376. The number of hydrogen-bond acceptors (Lipinski definition) is 1. The maximum Gasteiger partial charge on any atom is 0.416 e. The number of nitrogens with two attached hydrogens (primary N) is 1. The lowest BCUT2D eigenvalue weighted by atomic mass is 9.95. The van der Waals surface area contributed by atoms with Crippen LogP contribution in [0.3, 0.4) is 0 Å². The summed E-state index contributed by atoms with van der Waals surface area (Å²) < 4.78 is 50.7. The highest BCUT2D eigenvalue weighted by Crippen LogP contribution is 2.29. The number of halogens is 4. The molecule has 0 heterocycles. The van der Waals surface area contributed by atoms with Crippen molar-refractivity contribution in [1.82, 2.24) is 0 Å². The molecule has 0 radical (unpaired) electrons. The summed E-state index contributed by atoms with van der Waals surface area (Å²) in [6.07, 6.45) is -4.00. The van der Waals surface area contributed by atoms with Crippen LogP contribution in [0.5, 0.6) is 0 Å². The zero-order valence-electron chi connectivity index (χ0n) is 11.4. The van der Waals surface area contributed by atoms with Gasteiger partial charge in [0.05, 0.1) is 5.56 Å². The smallest absolute Gasteiger partial charge is 0.324 e. The molecule has 21 heavy (non-hydrogen) atoms. The largest absolute Gasteiger partial charge is 0.416 e. The summed E-state index contributed by atoms with van der Waals surface area (Å²) >= 11 is 0. The standard InChI is InChI=1S/C16H15F4N/c1-10-2-7-13(17)9-14(10)15(21)8-11-3-5-12(6-4-11)16(18,19)20/h2-7,9,15H,8,21H2,1H3. The highest BCUT2D eigenvalue weighted by Gasteiger charge is 2.29. The molecule has 0 aromatic heterocycles. The molecule has 0 aliphatic carbocycles. The highest BCUT2D eigenvalue weighted by atomic mass is 19.4. The lowest BCUT2D eigenvalue weighted by Crippen LogP contribution is -2.15.